The Morgan fingerprint density at radius 3 is 2.65 bits per heavy atom. The van der Waals surface area contributed by atoms with E-state index >= 15 is 0 Å². The highest BCUT2D eigenvalue weighted by atomic mass is 32.2. The molecule has 0 radical (unpaired) electrons. The highest BCUT2D eigenvalue weighted by molar-refractivity contribution is 7.99. The monoisotopic (exact) mass is 390 g/mol. The summed E-state index contributed by atoms with van der Waals surface area (Å²) >= 11 is 3.02. The molecule has 0 aliphatic heterocycles. The van der Waals surface area contributed by atoms with Crippen molar-refractivity contribution < 1.29 is 19.1 Å². The maximum Gasteiger partial charge on any atom is 0.348 e. The van der Waals surface area contributed by atoms with Gasteiger partial charge in [0.2, 0.25) is 0 Å². The summed E-state index contributed by atoms with van der Waals surface area (Å²) in [6, 6.07) is 7.84. The van der Waals surface area contributed by atoms with Crippen LogP contribution < -0.4 is 4.74 Å². The van der Waals surface area contributed by atoms with Crippen molar-refractivity contribution in [3.63, 3.8) is 0 Å². The van der Waals surface area contributed by atoms with E-state index in [9.17, 15) is 9.59 Å². The van der Waals surface area contributed by atoms with Gasteiger partial charge in [-0.3, -0.25) is 4.79 Å². The van der Waals surface area contributed by atoms with E-state index in [1.165, 1.54) is 16.2 Å². The summed E-state index contributed by atoms with van der Waals surface area (Å²) in [5, 5.41) is 0.502. The van der Waals surface area contributed by atoms with Crippen LogP contribution in [0.25, 0.3) is 0 Å². The highest BCUT2D eigenvalue weighted by Gasteiger charge is 2.31. The molecule has 0 amide bonds. The molecule has 1 heterocycles. The lowest BCUT2D eigenvalue weighted by Crippen LogP contribution is -2.13. The van der Waals surface area contributed by atoms with Gasteiger partial charge in [-0.15, -0.1) is 11.8 Å². The van der Waals surface area contributed by atoms with Crippen LogP contribution in [0.5, 0.6) is 10.8 Å². The second kappa shape index (κ2) is 8.73. The summed E-state index contributed by atoms with van der Waals surface area (Å²) in [5.41, 5.74) is 1.35. The number of thioether (sulfide) groups is 1. The summed E-state index contributed by atoms with van der Waals surface area (Å²) < 4.78 is 11.1. The zero-order valence-corrected chi connectivity index (χ0v) is 16.6. The molecular formula is C20H22O4S2. The molecule has 0 N–H and O–H groups in total. The smallest absolute Gasteiger partial charge is 0.348 e. The molecular weight excluding hydrogens is 368 g/mol. The van der Waals surface area contributed by atoms with Crippen LogP contribution in [0.15, 0.2) is 29.2 Å². The Kier molecular flexibility index (Phi) is 6.38. The number of thiophene rings is 1. The number of ketones is 1. The zero-order chi connectivity index (χ0) is 18.5. The van der Waals surface area contributed by atoms with E-state index in [1.54, 1.807) is 18.7 Å². The van der Waals surface area contributed by atoms with E-state index in [0.29, 0.717) is 40.7 Å². The molecule has 1 aliphatic carbocycles. The van der Waals surface area contributed by atoms with Crippen molar-refractivity contribution in [2.45, 2.75) is 44.4 Å². The van der Waals surface area contributed by atoms with Gasteiger partial charge in [-0.05, 0) is 61.8 Å². The van der Waals surface area contributed by atoms with Crippen molar-refractivity contribution in [1.82, 2.24) is 0 Å². The van der Waals surface area contributed by atoms with E-state index in [4.69, 9.17) is 9.47 Å². The third-order valence-corrected chi connectivity index (χ3v) is 6.36. The Morgan fingerprint density at radius 2 is 1.96 bits per heavy atom. The number of hydrogen-bond donors (Lipinski definition) is 0. The molecule has 1 aromatic heterocycles. The fourth-order valence-corrected chi connectivity index (χ4v) is 4.78. The molecule has 2 aromatic rings. The summed E-state index contributed by atoms with van der Waals surface area (Å²) in [6.07, 6.45) is 3.09. The predicted molar refractivity (Wildman–Crippen MR) is 105 cm³/mol. The molecule has 4 nitrogen and oxygen atoms in total. The van der Waals surface area contributed by atoms with Crippen LogP contribution in [0.1, 0.15) is 58.7 Å². The normalized spacial score (nSPS) is 13.4. The number of ether oxygens (including phenoxy) is 2. The Bertz CT molecular complexity index is 793. The van der Waals surface area contributed by atoms with Gasteiger partial charge in [0.25, 0.3) is 0 Å². The van der Waals surface area contributed by atoms with Gasteiger partial charge in [-0.1, -0.05) is 18.3 Å². The van der Waals surface area contributed by atoms with Crippen LogP contribution in [0.4, 0.5) is 0 Å². The molecule has 3 rings (SSSR count). The van der Waals surface area contributed by atoms with E-state index in [1.807, 2.05) is 24.3 Å². The number of rotatable bonds is 7. The van der Waals surface area contributed by atoms with E-state index in [-0.39, 0.29) is 11.8 Å². The van der Waals surface area contributed by atoms with Crippen molar-refractivity contribution in [3.8, 4) is 10.8 Å². The number of fused-ring (bicyclic) bond motifs is 1. The Hall–Kier alpha value is -1.79. The third-order valence-electron chi connectivity index (χ3n) is 4.05. The summed E-state index contributed by atoms with van der Waals surface area (Å²) in [6.45, 7) is 4.24. The quantitative estimate of drug-likeness (QED) is 0.446. The van der Waals surface area contributed by atoms with Crippen LogP contribution in [0.3, 0.4) is 0 Å². The Morgan fingerprint density at radius 1 is 1.19 bits per heavy atom. The fourth-order valence-electron chi connectivity index (χ4n) is 2.88. The maximum atomic E-state index is 12.4. The molecule has 0 fully saturated rings. The van der Waals surface area contributed by atoms with Crippen LogP contribution in [0.2, 0.25) is 0 Å². The average Bonchev–Trinajstić information content (AvgIpc) is 3.01. The molecule has 0 atom stereocenters. The Labute approximate surface area is 161 Å². The molecule has 1 aliphatic rings. The molecule has 0 bridgehead atoms. The minimum Gasteiger partial charge on any atom is -0.462 e. The largest absolute Gasteiger partial charge is 0.462 e. The molecule has 0 spiro atoms. The van der Waals surface area contributed by atoms with Crippen molar-refractivity contribution in [2.24, 2.45) is 0 Å². The standard InChI is InChI=1S/C20H22O4S2/c1-3-12-25-14-10-8-13(9-11-14)24-20-17-15(6-5-7-16(17)21)18(26-20)19(22)23-4-2/h8-11H,3-7,12H2,1-2H3. The summed E-state index contributed by atoms with van der Waals surface area (Å²) in [4.78, 5) is 26.4. The second-order valence-electron chi connectivity index (χ2n) is 5.99. The average molecular weight is 391 g/mol. The van der Waals surface area contributed by atoms with E-state index in [0.717, 1.165) is 24.2 Å². The van der Waals surface area contributed by atoms with Gasteiger partial charge in [0.15, 0.2) is 10.8 Å². The number of carbonyl (C=O) groups is 2. The van der Waals surface area contributed by atoms with Gasteiger partial charge in [-0.2, -0.15) is 0 Å². The Balaban J connectivity index is 1.87. The molecule has 6 heteroatoms. The molecule has 26 heavy (non-hydrogen) atoms. The molecule has 1 aromatic carbocycles. The topological polar surface area (TPSA) is 52.6 Å². The number of carbonyl (C=O) groups excluding carboxylic acids is 2. The van der Waals surface area contributed by atoms with Gasteiger partial charge >= 0.3 is 5.97 Å². The first-order valence-corrected chi connectivity index (χ1v) is 10.7. The van der Waals surface area contributed by atoms with Crippen LogP contribution in [-0.2, 0) is 11.2 Å². The SMILES string of the molecule is CCCSc1ccc(Oc2sc(C(=O)OCC)c3c2C(=O)CCC3)cc1. The van der Waals surface area contributed by atoms with Crippen molar-refractivity contribution in [2.75, 3.05) is 12.4 Å². The zero-order valence-electron chi connectivity index (χ0n) is 15.0. The number of Topliss-reactive ketones (excluding diaryl/α,β-unsaturated/α-hetero) is 1. The molecule has 0 saturated heterocycles. The lowest BCUT2D eigenvalue weighted by molar-refractivity contribution is 0.0531. The van der Waals surface area contributed by atoms with Crippen molar-refractivity contribution in [1.29, 1.82) is 0 Å². The molecule has 138 valence electrons. The van der Waals surface area contributed by atoms with Crippen LogP contribution in [-0.4, -0.2) is 24.1 Å². The van der Waals surface area contributed by atoms with E-state index < -0.39 is 0 Å². The van der Waals surface area contributed by atoms with Crippen LogP contribution >= 0.6 is 23.1 Å². The van der Waals surface area contributed by atoms with Gasteiger partial charge in [-0.25, -0.2) is 4.79 Å². The predicted octanol–water partition coefficient (Wildman–Crippen LogP) is 5.74. The second-order valence-corrected chi connectivity index (χ2v) is 8.14. The number of hydrogen-bond acceptors (Lipinski definition) is 6. The van der Waals surface area contributed by atoms with Gasteiger partial charge < -0.3 is 9.47 Å². The van der Waals surface area contributed by atoms with Crippen molar-refractivity contribution >= 4 is 34.9 Å². The summed E-state index contributed by atoms with van der Waals surface area (Å²) in [7, 11) is 0. The number of benzene rings is 1. The van der Waals surface area contributed by atoms with Gasteiger partial charge in [0, 0.05) is 11.3 Å². The van der Waals surface area contributed by atoms with Crippen molar-refractivity contribution in [3.05, 3.63) is 40.3 Å². The van der Waals surface area contributed by atoms with Crippen LogP contribution in [0, 0.1) is 0 Å². The van der Waals surface area contributed by atoms with E-state index in [2.05, 4.69) is 6.92 Å². The fraction of sp³-hybridized carbons (Fsp3) is 0.400. The third kappa shape index (κ3) is 4.13. The molecule has 0 unspecified atom stereocenters. The minimum absolute atomic E-state index is 0.0446. The first-order chi connectivity index (χ1) is 12.6. The van der Waals surface area contributed by atoms with Gasteiger partial charge in [0.1, 0.15) is 10.6 Å². The summed E-state index contributed by atoms with van der Waals surface area (Å²) in [5.74, 6) is 1.42. The lowest BCUT2D eigenvalue weighted by Gasteiger charge is -2.13. The minimum atomic E-state index is -0.371. The molecule has 0 saturated carbocycles. The van der Waals surface area contributed by atoms with Gasteiger partial charge in [0.05, 0.1) is 12.2 Å². The number of esters is 1. The first-order valence-electron chi connectivity index (χ1n) is 8.90. The first kappa shape index (κ1) is 19.0. The highest BCUT2D eigenvalue weighted by Crippen LogP contribution is 2.42. The maximum absolute atomic E-state index is 12.4. The lowest BCUT2D eigenvalue weighted by atomic mass is 9.92.